The number of nitrogens with two attached hydrogens (primary N) is 1. The van der Waals surface area contributed by atoms with Crippen molar-refractivity contribution in [2.45, 2.75) is 6.92 Å². The third-order valence-electron chi connectivity index (χ3n) is 2.58. The van der Waals surface area contributed by atoms with Crippen LogP contribution in [0.15, 0.2) is 36.7 Å². The van der Waals surface area contributed by atoms with Gasteiger partial charge in [0, 0.05) is 6.20 Å². The first-order valence-electron chi connectivity index (χ1n) is 5.35. The van der Waals surface area contributed by atoms with E-state index in [9.17, 15) is 4.79 Å². The Morgan fingerprint density at radius 2 is 2.17 bits per heavy atom. The number of hydrogen-bond acceptors (Lipinski definition) is 3. The lowest BCUT2D eigenvalue weighted by Gasteiger charge is -2.09. The molecule has 0 unspecified atom stereocenters. The zero-order valence-corrected chi connectivity index (χ0v) is 10.5. The number of rotatable bonds is 2. The number of para-hydroxylation sites is 1. The Hall–Kier alpha value is -2.07. The lowest BCUT2D eigenvalue weighted by atomic mass is 10.1. The van der Waals surface area contributed by atoms with Crippen molar-refractivity contribution in [2.75, 3.05) is 11.1 Å². The third kappa shape index (κ3) is 2.43. The smallest absolute Gasteiger partial charge is 0.257 e. The van der Waals surface area contributed by atoms with Crippen LogP contribution in [0.5, 0.6) is 0 Å². The summed E-state index contributed by atoms with van der Waals surface area (Å²) >= 11 is 5.87. The Morgan fingerprint density at radius 3 is 2.89 bits per heavy atom. The molecule has 0 atom stereocenters. The van der Waals surface area contributed by atoms with Crippen molar-refractivity contribution in [1.29, 1.82) is 0 Å². The minimum absolute atomic E-state index is 0.276. The molecule has 1 amide bonds. The molecule has 3 N–H and O–H groups in total. The van der Waals surface area contributed by atoms with Crippen LogP contribution < -0.4 is 11.1 Å². The highest BCUT2D eigenvalue weighted by Crippen LogP contribution is 2.23. The number of halogens is 1. The van der Waals surface area contributed by atoms with Gasteiger partial charge in [0.2, 0.25) is 0 Å². The standard InChI is InChI=1S/C13H12ClN3O/c1-8-5-6-16-7-11(8)17-13(18)9-3-2-4-10(14)12(9)15/h2-7H,15H2,1H3,(H,17,18). The van der Waals surface area contributed by atoms with Gasteiger partial charge in [0.1, 0.15) is 0 Å². The second-order valence-electron chi connectivity index (χ2n) is 3.85. The Bertz CT molecular complexity index is 599. The van der Waals surface area contributed by atoms with E-state index < -0.39 is 0 Å². The zero-order chi connectivity index (χ0) is 13.1. The summed E-state index contributed by atoms with van der Waals surface area (Å²) in [5, 5.41) is 3.12. The van der Waals surface area contributed by atoms with Crippen LogP contribution in [0.4, 0.5) is 11.4 Å². The van der Waals surface area contributed by atoms with Crippen LogP contribution >= 0.6 is 11.6 Å². The average Bonchev–Trinajstić information content (AvgIpc) is 2.35. The molecule has 2 rings (SSSR count). The number of nitrogens with zero attached hydrogens (tertiary/aromatic N) is 1. The normalized spacial score (nSPS) is 10.1. The van der Waals surface area contributed by atoms with Crippen LogP contribution in [0, 0.1) is 6.92 Å². The summed E-state index contributed by atoms with van der Waals surface area (Å²) in [7, 11) is 0. The molecule has 92 valence electrons. The quantitative estimate of drug-likeness (QED) is 0.817. The predicted molar refractivity (Wildman–Crippen MR) is 72.8 cm³/mol. The fourth-order valence-corrected chi connectivity index (χ4v) is 1.69. The predicted octanol–water partition coefficient (Wildman–Crippen LogP) is 2.88. The second kappa shape index (κ2) is 5.06. The molecule has 0 fully saturated rings. The Kier molecular flexibility index (Phi) is 3.48. The van der Waals surface area contributed by atoms with E-state index in [2.05, 4.69) is 10.3 Å². The topological polar surface area (TPSA) is 68.0 Å². The molecule has 0 aliphatic carbocycles. The van der Waals surface area contributed by atoms with Crippen molar-refractivity contribution in [3.63, 3.8) is 0 Å². The molecular weight excluding hydrogens is 250 g/mol. The molecule has 4 nitrogen and oxygen atoms in total. The highest BCUT2D eigenvalue weighted by molar-refractivity contribution is 6.34. The maximum atomic E-state index is 12.1. The molecule has 0 saturated carbocycles. The number of benzene rings is 1. The average molecular weight is 262 g/mol. The Labute approximate surface area is 110 Å². The summed E-state index contributed by atoms with van der Waals surface area (Å²) in [4.78, 5) is 16.0. The number of aromatic nitrogens is 1. The maximum absolute atomic E-state index is 12.1. The van der Waals surface area contributed by atoms with Crippen LogP contribution in [0.2, 0.25) is 5.02 Å². The lowest BCUT2D eigenvalue weighted by molar-refractivity contribution is 0.102. The van der Waals surface area contributed by atoms with Crippen LogP contribution in [0.3, 0.4) is 0 Å². The van der Waals surface area contributed by atoms with Gasteiger partial charge in [-0.3, -0.25) is 9.78 Å². The number of pyridine rings is 1. The molecule has 2 aromatic rings. The first kappa shape index (κ1) is 12.4. The Balaban J connectivity index is 2.28. The van der Waals surface area contributed by atoms with E-state index in [1.165, 1.54) is 0 Å². The number of nitrogen functional groups attached to an aromatic ring is 1. The fourth-order valence-electron chi connectivity index (χ4n) is 1.52. The van der Waals surface area contributed by atoms with Gasteiger partial charge in [-0.2, -0.15) is 0 Å². The molecule has 0 saturated heterocycles. The number of amides is 1. The summed E-state index contributed by atoms with van der Waals surface area (Å²) in [5.74, 6) is -0.300. The molecule has 0 aliphatic rings. The van der Waals surface area contributed by atoms with Crippen molar-refractivity contribution in [3.05, 3.63) is 52.8 Å². The molecular formula is C13H12ClN3O. The van der Waals surface area contributed by atoms with Gasteiger partial charge in [-0.1, -0.05) is 17.7 Å². The van der Waals surface area contributed by atoms with Crippen molar-refractivity contribution in [3.8, 4) is 0 Å². The van der Waals surface area contributed by atoms with Crippen LogP contribution in [0.1, 0.15) is 15.9 Å². The Morgan fingerprint density at radius 1 is 1.39 bits per heavy atom. The van der Waals surface area contributed by atoms with Crippen molar-refractivity contribution >= 4 is 28.9 Å². The van der Waals surface area contributed by atoms with Crippen LogP contribution in [-0.4, -0.2) is 10.9 Å². The summed E-state index contributed by atoms with van der Waals surface area (Å²) in [6.07, 6.45) is 3.26. The summed E-state index contributed by atoms with van der Waals surface area (Å²) in [5.41, 5.74) is 7.98. The van der Waals surface area contributed by atoms with E-state index in [1.807, 2.05) is 13.0 Å². The van der Waals surface area contributed by atoms with E-state index in [0.29, 0.717) is 16.3 Å². The lowest BCUT2D eigenvalue weighted by Crippen LogP contribution is -2.15. The highest BCUT2D eigenvalue weighted by Gasteiger charge is 2.12. The molecule has 1 heterocycles. The maximum Gasteiger partial charge on any atom is 0.257 e. The van der Waals surface area contributed by atoms with E-state index in [0.717, 1.165) is 5.56 Å². The molecule has 0 spiro atoms. The van der Waals surface area contributed by atoms with Gasteiger partial charge in [-0.05, 0) is 30.7 Å². The van der Waals surface area contributed by atoms with Crippen LogP contribution in [-0.2, 0) is 0 Å². The first-order valence-corrected chi connectivity index (χ1v) is 5.73. The number of nitrogens with one attached hydrogen (secondary N) is 1. The van der Waals surface area contributed by atoms with Gasteiger partial charge in [-0.25, -0.2) is 0 Å². The molecule has 0 radical (unpaired) electrons. The van der Waals surface area contributed by atoms with Gasteiger partial charge in [0.25, 0.3) is 5.91 Å². The van der Waals surface area contributed by atoms with E-state index >= 15 is 0 Å². The summed E-state index contributed by atoms with van der Waals surface area (Å²) < 4.78 is 0. The molecule has 0 bridgehead atoms. The van der Waals surface area contributed by atoms with Gasteiger partial charge in [-0.15, -0.1) is 0 Å². The van der Waals surface area contributed by atoms with Gasteiger partial charge in [0.15, 0.2) is 0 Å². The highest BCUT2D eigenvalue weighted by atomic mass is 35.5. The number of aryl methyl sites for hydroxylation is 1. The monoisotopic (exact) mass is 261 g/mol. The summed E-state index contributed by atoms with van der Waals surface area (Å²) in [6, 6.07) is 6.77. The van der Waals surface area contributed by atoms with Crippen molar-refractivity contribution in [1.82, 2.24) is 4.98 Å². The van der Waals surface area contributed by atoms with Gasteiger partial charge >= 0.3 is 0 Å². The number of carbonyl (C=O) groups excluding carboxylic acids is 1. The second-order valence-corrected chi connectivity index (χ2v) is 4.25. The van der Waals surface area contributed by atoms with E-state index in [-0.39, 0.29) is 11.6 Å². The van der Waals surface area contributed by atoms with Crippen molar-refractivity contribution in [2.24, 2.45) is 0 Å². The number of hydrogen-bond donors (Lipinski definition) is 2. The summed E-state index contributed by atoms with van der Waals surface area (Å²) in [6.45, 7) is 1.89. The molecule has 1 aromatic heterocycles. The molecule has 1 aromatic carbocycles. The third-order valence-corrected chi connectivity index (χ3v) is 2.91. The van der Waals surface area contributed by atoms with Gasteiger partial charge < -0.3 is 11.1 Å². The molecule has 18 heavy (non-hydrogen) atoms. The minimum atomic E-state index is -0.300. The largest absolute Gasteiger partial charge is 0.397 e. The molecule has 0 aliphatic heterocycles. The van der Waals surface area contributed by atoms with E-state index in [1.54, 1.807) is 30.6 Å². The minimum Gasteiger partial charge on any atom is -0.397 e. The SMILES string of the molecule is Cc1ccncc1NC(=O)c1cccc(Cl)c1N. The van der Waals surface area contributed by atoms with Crippen LogP contribution in [0.25, 0.3) is 0 Å². The molecule has 5 heteroatoms. The zero-order valence-electron chi connectivity index (χ0n) is 9.77. The van der Waals surface area contributed by atoms with Crippen molar-refractivity contribution < 1.29 is 4.79 Å². The number of carbonyl (C=O) groups is 1. The first-order chi connectivity index (χ1) is 8.59. The fraction of sp³-hybridized carbons (Fsp3) is 0.0769. The van der Waals surface area contributed by atoms with E-state index in [4.69, 9.17) is 17.3 Å². The van der Waals surface area contributed by atoms with Gasteiger partial charge in [0.05, 0.1) is 28.2 Å². The number of anilines is 2.